The van der Waals surface area contributed by atoms with Gasteiger partial charge in [0.2, 0.25) is 0 Å². The lowest BCUT2D eigenvalue weighted by Gasteiger charge is -2.46. The Balaban J connectivity index is 0.754. The van der Waals surface area contributed by atoms with E-state index in [2.05, 4.69) is 48.7 Å². The first kappa shape index (κ1) is 111. The zero-order valence-corrected chi connectivity index (χ0v) is 88.8. The van der Waals surface area contributed by atoms with Crippen LogP contribution in [0.5, 0.6) is 0 Å². The van der Waals surface area contributed by atoms with Gasteiger partial charge in [0.1, 0.15) is 23.9 Å². The zero-order valence-electron chi connectivity index (χ0n) is 82.5. The minimum atomic E-state index is -4.42. The molecular formula is C78H141N26O26P7. The number of nitrogens with zero attached hydrogens (tertiary/aromatic N) is 22. The Bertz CT molecular complexity index is 5640. The Morgan fingerprint density at radius 1 is 0.409 bits per heavy atom. The molecule has 12 rings (SSSR count). The smallest absolute Gasteiger partial charge is 0.351 e. The zero-order chi connectivity index (χ0) is 100. The van der Waals surface area contributed by atoms with E-state index in [0.29, 0.717) is 13.1 Å². The molecule has 0 aromatic carbocycles. The maximum Gasteiger partial charge on any atom is 0.351 e. The Hall–Kier alpha value is -5.12. The Morgan fingerprint density at radius 2 is 0.723 bits per heavy atom. The molecule has 59 heteroatoms. The summed E-state index contributed by atoms with van der Waals surface area (Å²) in [5.74, 6) is -0.0308. The van der Waals surface area contributed by atoms with Crippen molar-refractivity contribution >= 4 is 76.3 Å². The summed E-state index contributed by atoms with van der Waals surface area (Å²) in [6.45, 7) is 13.9. The van der Waals surface area contributed by atoms with Gasteiger partial charge in [-0.05, 0) is 153 Å². The van der Waals surface area contributed by atoms with Crippen molar-refractivity contribution in [3.8, 4) is 0 Å². The highest BCUT2D eigenvalue weighted by molar-refractivity contribution is 7.57. The molecule has 0 bridgehead atoms. The largest absolute Gasteiger partial charge is 0.383 e. The normalized spacial score (nSPS) is 29.0. The van der Waals surface area contributed by atoms with Crippen LogP contribution in [-0.4, -0.2) is 423 Å². The first-order valence-corrected chi connectivity index (χ1v) is 56.3. The maximum absolute atomic E-state index is 16.4. The van der Waals surface area contributed by atoms with E-state index in [1.54, 1.807) is 136 Å². The average molecular weight is 2080 g/mol. The van der Waals surface area contributed by atoms with E-state index in [0.717, 1.165) is 6.42 Å². The number of aromatic amines is 2. The molecule has 22 atom stereocenters. The van der Waals surface area contributed by atoms with E-state index in [1.807, 2.05) is 6.92 Å². The van der Waals surface area contributed by atoms with Gasteiger partial charge in [-0.3, -0.25) is 74.7 Å². The second kappa shape index (κ2) is 45.7. The summed E-state index contributed by atoms with van der Waals surface area (Å²) >= 11 is 0. The van der Waals surface area contributed by atoms with Gasteiger partial charge in [-0.2, -0.15) is 4.98 Å². The van der Waals surface area contributed by atoms with Gasteiger partial charge < -0.3 is 76.3 Å². The van der Waals surface area contributed by atoms with Gasteiger partial charge >= 0.3 is 63.1 Å². The van der Waals surface area contributed by atoms with E-state index in [-0.39, 0.29) is 151 Å². The van der Waals surface area contributed by atoms with Gasteiger partial charge in [-0.15, -0.1) is 0 Å². The molecule has 5 aromatic heterocycles. The van der Waals surface area contributed by atoms with Gasteiger partial charge in [-0.1, -0.05) is 20.8 Å². The number of aromatic nitrogens is 10. The summed E-state index contributed by atoms with van der Waals surface area (Å²) in [5.41, 5.74) is 9.24. The second-order valence-corrected chi connectivity index (χ2v) is 56.0. The summed E-state index contributed by atoms with van der Waals surface area (Å²) in [6, 6.07) is 1.64. The summed E-state index contributed by atoms with van der Waals surface area (Å²) in [6.07, 6.45) is -4.97. The highest BCUT2D eigenvalue weighted by Gasteiger charge is 2.53. The third-order valence-corrected chi connectivity index (χ3v) is 43.0. The first-order valence-electron chi connectivity index (χ1n) is 45.5. The van der Waals surface area contributed by atoms with Gasteiger partial charge in [-0.25, -0.2) is 90.1 Å². The number of rotatable bonds is 41. The predicted molar refractivity (Wildman–Crippen MR) is 510 cm³/mol. The molecule has 0 aliphatic carbocycles. The SMILES string of the molecule is CCC(C)N1C[C@@H](COP(=O)(N(C)C)N2C[C@@H](COP(=O)(N(C)C)N3C[C@@H](COP(=O)(N(C)C)N4C[C@@H](COP(=O)(N(C)C)N5C[C@@H](COP(=O)(N(C)C)N6C[C@@H](COP(=O)(N(C)C)N7C[C@@H](COP(=O)(C(C)C)N(C)C)O[C@@H](n8cc(C)c(=O)[nH]c8=O)C7)O[C@@H](C)C6)O[C@@H](C)C5)O[C@@H](n5ccc(N)nc5=O)C4)O[C@@H](n4cnc5c(N)ncnc54)C3)O[C@@H](n3cc(C)c(=O)[nH]c3=O)C2)O[C@@H](C)C1. The molecule has 774 valence electrons. The third-order valence-electron chi connectivity index (χ3n) is 24.9. The Morgan fingerprint density at radius 3 is 1.05 bits per heavy atom. The fraction of sp³-hybridized carbons (Fsp3) is 0.782. The molecule has 7 saturated heterocycles. The Kier molecular flexibility index (Phi) is 36.9. The maximum atomic E-state index is 16.4. The monoisotopic (exact) mass is 2070 g/mol. The number of aryl methyl sites for hydroxylation is 2. The fourth-order valence-electron chi connectivity index (χ4n) is 17.5. The number of hydrogen-bond acceptors (Lipinski definition) is 33. The number of fused-ring (bicyclic) bond motifs is 1. The van der Waals surface area contributed by atoms with Crippen LogP contribution in [0.1, 0.15) is 90.9 Å². The molecule has 0 spiro atoms. The fourth-order valence-corrected chi connectivity index (χ4v) is 31.4. The lowest BCUT2D eigenvalue weighted by atomic mass is 10.1. The van der Waals surface area contributed by atoms with Crippen LogP contribution in [-0.2, 0) is 96.8 Å². The minimum absolute atomic E-state index is 0.0487. The Labute approximate surface area is 798 Å². The predicted octanol–water partition coefficient (Wildman–Crippen LogP) is 4.13. The first-order chi connectivity index (χ1) is 64.2. The molecule has 7 aliphatic rings. The molecular weight excluding hydrogens is 1930 g/mol. The molecule has 0 saturated carbocycles. The topological polar surface area (TPSA) is 534 Å². The van der Waals surface area contributed by atoms with E-state index in [9.17, 15) is 28.5 Å². The van der Waals surface area contributed by atoms with Crippen molar-refractivity contribution in [2.24, 2.45) is 0 Å². The molecule has 0 radical (unpaired) electrons. The number of imidazole rings is 1. The van der Waals surface area contributed by atoms with Crippen molar-refractivity contribution in [1.29, 1.82) is 0 Å². The lowest BCUT2D eigenvalue weighted by molar-refractivity contribution is -0.131. The van der Waals surface area contributed by atoms with Crippen molar-refractivity contribution in [3.63, 3.8) is 0 Å². The van der Waals surface area contributed by atoms with Crippen LogP contribution in [0.25, 0.3) is 11.2 Å². The van der Waals surface area contributed by atoms with Crippen LogP contribution in [0.15, 0.2) is 61.3 Å². The molecule has 52 nitrogen and oxygen atoms in total. The summed E-state index contributed by atoms with van der Waals surface area (Å²) < 4.78 is 226. The van der Waals surface area contributed by atoms with Crippen LogP contribution >= 0.6 is 53.5 Å². The average Bonchev–Trinajstić information content (AvgIpc) is 1.75. The van der Waals surface area contributed by atoms with E-state index < -0.39 is 187 Å². The van der Waals surface area contributed by atoms with Crippen molar-refractivity contribution in [1.82, 2.24) is 114 Å². The van der Waals surface area contributed by atoms with Crippen LogP contribution in [0.2, 0.25) is 0 Å². The molecule has 7 fully saturated rings. The standard InChI is InChI=1S/C78H141N26O26P7/c1-24-55(6)94-29-56(7)124-59(32-94)44-118-135(114,91(18)19)99-37-64(129-69(41-99)103-28-54(5)75(106)86-78(103)109)48-122-137(116,93(22)23)100-38-65(130-70(42-100)104-51-83-71-72(80)81-50-82-73(71)104)49-123-134(113,90(16)17)97-36-63(127-67(39-97)101-26-25-66(79)84-76(101)107)47-121-133(112,89(14)15)96-31-58(9)125-60(33-96)45-119-132(111,88(12)13)95-30-57(8)126-61(34-95)46-120-136(115,92(20)21)98-35-62(43-117-131(110,52(2)3)87(10)11)128-68(40-98)102-27-53(4)74(105)85-77(102)108/h25-28,50-52,55-65,67-70H,24,29-49H2,1-23H3,(H2,79,84,107)(H2,80,81,82)(H,85,105,108)(H,86,106,109)/t55?,56-,57-,58-,59-,60-,61-,62-,63-,64-,65-,67+,68+,69+,70+,131?,132?,133?,134?,135?,136?,137?/m0/s1. The summed E-state index contributed by atoms with van der Waals surface area (Å²) in [7, 11) is -6.43. The van der Waals surface area contributed by atoms with Crippen molar-refractivity contribution in [3.05, 3.63) is 101 Å². The third kappa shape index (κ3) is 25.0. The quantitative estimate of drug-likeness (QED) is 0.0400. The molecule has 5 aromatic rings. The van der Waals surface area contributed by atoms with Crippen molar-refractivity contribution in [2.45, 2.75) is 166 Å². The van der Waals surface area contributed by atoms with E-state index >= 15 is 27.4 Å². The van der Waals surface area contributed by atoms with Crippen LogP contribution < -0.4 is 39.7 Å². The number of anilines is 2. The van der Waals surface area contributed by atoms with Crippen LogP contribution in [0.3, 0.4) is 0 Å². The molecule has 12 heterocycles. The molecule has 137 heavy (non-hydrogen) atoms. The summed E-state index contributed by atoms with van der Waals surface area (Å²) in [4.78, 5) is 90.7. The van der Waals surface area contributed by atoms with Crippen molar-refractivity contribution in [2.75, 3.05) is 248 Å². The number of nitrogen functional groups attached to an aromatic ring is 2. The van der Waals surface area contributed by atoms with Gasteiger partial charge in [0.15, 0.2) is 30.1 Å². The number of hydrogen-bond donors (Lipinski definition) is 4. The van der Waals surface area contributed by atoms with E-state index in [4.69, 9.17) is 76.3 Å². The number of nitrogens with one attached hydrogen (secondary N) is 2. The van der Waals surface area contributed by atoms with E-state index in [1.165, 1.54) is 121 Å². The minimum Gasteiger partial charge on any atom is -0.383 e. The summed E-state index contributed by atoms with van der Waals surface area (Å²) in [5, 5.41) is 0. The number of nitrogens with two attached hydrogens (primary N) is 2. The number of H-pyrrole nitrogens is 2. The molecule has 0 amide bonds. The number of morpholine rings is 7. The molecule has 7 aliphatic heterocycles. The van der Waals surface area contributed by atoms with Crippen LogP contribution in [0.4, 0.5) is 11.6 Å². The highest BCUT2D eigenvalue weighted by Crippen LogP contribution is 2.62. The number of ether oxygens (including phenoxy) is 7. The highest BCUT2D eigenvalue weighted by atomic mass is 31.2. The molecule has 6 N–H and O–H groups in total. The van der Waals surface area contributed by atoms with Gasteiger partial charge in [0.25, 0.3) is 18.6 Å². The van der Waals surface area contributed by atoms with Crippen LogP contribution in [0, 0.1) is 13.8 Å². The van der Waals surface area contributed by atoms with Gasteiger partial charge in [0.05, 0.1) is 140 Å². The van der Waals surface area contributed by atoms with Gasteiger partial charge in [0, 0.05) is 107 Å². The lowest BCUT2D eigenvalue weighted by Crippen LogP contribution is -2.52. The van der Waals surface area contributed by atoms with Crippen molar-refractivity contribution < 1.29 is 96.8 Å². The second-order valence-electron chi connectivity index (χ2n) is 37.2. The molecule has 8 unspecified atom stereocenters.